The summed E-state index contributed by atoms with van der Waals surface area (Å²) in [5, 5.41) is 2.68. The first-order valence-electron chi connectivity index (χ1n) is 6.83. The number of anilines is 1. The number of piperidine rings is 1. The summed E-state index contributed by atoms with van der Waals surface area (Å²) < 4.78 is 26.0. The van der Waals surface area contributed by atoms with E-state index in [1.807, 2.05) is 0 Å². The van der Waals surface area contributed by atoms with Crippen molar-refractivity contribution >= 4 is 11.6 Å². The van der Waals surface area contributed by atoms with E-state index in [0.29, 0.717) is 6.54 Å². The Morgan fingerprint density at radius 3 is 2.55 bits per heavy atom. The van der Waals surface area contributed by atoms with Crippen LogP contribution >= 0.6 is 0 Å². The van der Waals surface area contributed by atoms with Gasteiger partial charge in [-0.1, -0.05) is 6.42 Å². The maximum absolute atomic E-state index is 13.1. The maximum Gasteiger partial charge on any atom is 0.253 e. The summed E-state index contributed by atoms with van der Waals surface area (Å²) in [4.78, 5) is 14.1. The molecule has 1 aromatic carbocycles. The van der Waals surface area contributed by atoms with Crippen LogP contribution < -0.4 is 11.1 Å². The molecule has 1 fully saturated rings. The summed E-state index contributed by atoms with van der Waals surface area (Å²) in [6.45, 7) is 3.32. The molecule has 2 rings (SSSR count). The van der Waals surface area contributed by atoms with Gasteiger partial charge in [0.1, 0.15) is 0 Å². The minimum Gasteiger partial charge on any atom is -0.398 e. The third-order valence-electron chi connectivity index (χ3n) is 3.50. The third-order valence-corrected chi connectivity index (χ3v) is 3.50. The highest BCUT2D eigenvalue weighted by molar-refractivity contribution is 5.99. The van der Waals surface area contributed by atoms with Crippen LogP contribution in [0.1, 0.15) is 29.6 Å². The van der Waals surface area contributed by atoms with E-state index < -0.39 is 17.5 Å². The van der Waals surface area contributed by atoms with E-state index in [4.69, 9.17) is 5.73 Å². The number of nitrogens with two attached hydrogens (primary N) is 1. The van der Waals surface area contributed by atoms with Gasteiger partial charge >= 0.3 is 0 Å². The van der Waals surface area contributed by atoms with Gasteiger partial charge in [-0.2, -0.15) is 0 Å². The number of nitrogens with zero attached hydrogens (tertiary/aromatic N) is 1. The molecule has 0 aliphatic carbocycles. The monoisotopic (exact) mass is 283 g/mol. The smallest absolute Gasteiger partial charge is 0.253 e. The molecule has 0 spiro atoms. The second kappa shape index (κ2) is 6.65. The quantitative estimate of drug-likeness (QED) is 0.828. The molecule has 0 unspecified atom stereocenters. The molecule has 0 saturated carbocycles. The molecule has 1 aliphatic heterocycles. The molecule has 110 valence electrons. The normalized spacial score (nSPS) is 16.1. The van der Waals surface area contributed by atoms with Crippen LogP contribution in [-0.2, 0) is 0 Å². The lowest BCUT2D eigenvalue weighted by Crippen LogP contribution is -2.37. The Kier molecular flexibility index (Phi) is 4.89. The minimum absolute atomic E-state index is 0.0254. The highest BCUT2D eigenvalue weighted by atomic mass is 19.2. The maximum atomic E-state index is 13.1. The lowest BCUT2D eigenvalue weighted by atomic mass is 10.1. The fourth-order valence-electron chi connectivity index (χ4n) is 2.36. The number of rotatable bonds is 4. The second-order valence-corrected chi connectivity index (χ2v) is 5.01. The number of benzene rings is 1. The van der Waals surface area contributed by atoms with Crippen molar-refractivity contribution in [1.29, 1.82) is 0 Å². The average Bonchev–Trinajstić information content (AvgIpc) is 2.44. The molecular weight excluding hydrogens is 264 g/mol. The Balaban J connectivity index is 1.87. The molecule has 3 N–H and O–H groups in total. The summed E-state index contributed by atoms with van der Waals surface area (Å²) in [7, 11) is 0. The Morgan fingerprint density at radius 2 is 1.85 bits per heavy atom. The van der Waals surface area contributed by atoms with Crippen LogP contribution in [0.5, 0.6) is 0 Å². The largest absolute Gasteiger partial charge is 0.398 e. The van der Waals surface area contributed by atoms with Crippen molar-refractivity contribution < 1.29 is 13.6 Å². The number of carbonyl (C=O) groups is 1. The minimum atomic E-state index is -1.07. The van der Waals surface area contributed by atoms with Gasteiger partial charge in [0.15, 0.2) is 11.6 Å². The summed E-state index contributed by atoms with van der Waals surface area (Å²) in [5.41, 5.74) is 5.45. The zero-order chi connectivity index (χ0) is 14.5. The fourth-order valence-corrected chi connectivity index (χ4v) is 2.36. The molecule has 1 aliphatic rings. The number of nitrogens with one attached hydrogen (secondary N) is 1. The summed E-state index contributed by atoms with van der Waals surface area (Å²) in [6.07, 6.45) is 3.63. The number of nitrogen functional groups attached to an aromatic ring is 1. The Bertz CT molecular complexity index is 488. The van der Waals surface area contributed by atoms with Crippen LogP contribution in [-0.4, -0.2) is 37.0 Å². The van der Waals surface area contributed by atoms with E-state index in [0.717, 1.165) is 31.8 Å². The van der Waals surface area contributed by atoms with Gasteiger partial charge in [0, 0.05) is 24.8 Å². The van der Waals surface area contributed by atoms with Crippen LogP contribution in [0.4, 0.5) is 14.5 Å². The lowest BCUT2D eigenvalue weighted by molar-refractivity contribution is 0.0947. The number of amides is 1. The molecule has 0 atom stereocenters. The second-order valence-electron chi connectivity index (χ2n) is 5.01. The van der Waals surface area contributed by atoms with Gasteiger partial charge in [-0.25, -0.2) is 8.78 Å². The summed E-state index contributed by atoms with van der Waals surface area (Å²) >= 11 is 0. The van der Waals surface area contributed by atoms with Gasteiger partial charge in [-0.05, 0) is 32.0 Å². The number of hydrogen-bond acceptors (Lipinski definition) is 3. The van der Waals surface area contributed by atoms with E-state index in [1.54, 1.807) is 0 Å². The van der Waals surface area contributed by atoms with Crippen LogP contribution in [0.25, 0.3) is 0 Å². The van der Waals surface area contributed by atoms with E-state index >= 15 is 0 Å². The van der Waals surface area contributed by atoms with Crippen molar-refractivity contribution in [3.8, 4) is 0 Å². The van der Waals surface area contributed by atoms with Crippen LogP contribution in [0.15, 0.2) is 12.1 Å². The number of carbonyl (C=O) groups excluding carboxylic acids is 1. The first-order chi connectivity index (χ1) is 9.58. The predicted octanol–water partition coefficient (Wildman–Crippen LogP) is 1.76. The van der Waals surface area contributed by atoms with Gasteiger partial charge < -0.3 is 16.0 Å². The van der Waals surface area contributed by atoms with E-state index in [9.17, 15) is 13.6 Å². The molecule has 6 heteroatoms. The fraction of sp³-hybridized carbons (Fsp3) is 0.500. The standard InChI is InChI=1S/C14H19F2N3O/c15-11-8-10(13(17)9-12(11)16)14(20)18-4-7-19-5-2-1-3-6-19/h8-9H,1-7,17H2,(H,18,20). The van der Waals surface area contributed by atoms with Crippen molar-refractivity contribution in [1.82, 2.24) is 10.2 Å². The van der Waals surface area contributed by atoms with Crippen molar-refractivity contribution in [3.63, 3.8) is 0 Å². The van der Waals surface area contributed by atoms with Crippen molar-refractivity contribution in [3.05, 3.63) is 29.3 Å². The zero-order valence-corrected chi connectivity index (χ0v) is 11.3. The predicted molar refractivity (Wildman–Crippen MR) is 73.4 cm³/mol. The van der Waals surface area contributed by atoms with E-state index in [-0.39, 0.29) is 11.3 Å². The third kappa shape index (κ3) is 3.66. The lowest BCUT2D eigenvalue weighted by Gasteiger charge is -2.26. The molecule has 0 radical (unpaired) electrons. The molecule has 1 heterocycles. The van der Waals surface area contributed by atoms with Crippen molar-refractivity contribution in [2.24, 2.45) is 0 Å². The molecule has 1 saturated heterocycles. The Morgan fingerprint density at radius 1 is 1.20 bits per heavy atom. The van der Waals surface area contributed by atoms with Crippen LogP contribution in [0.3, 0.4) is 0 Å². The van der Waals surface area contributed by atoms with Gasteiger partial charge in [-0.15, -0.1) is 0 Å². The SMILES string of the molecule is Nc1cc(F)c(F)cc1C(=O)NCCN1CCCCC1. The zero-order valence-electron chi connectivity index (χ0n) is 11.3. The molecule has 1 aromatic rings. The van der Waals surface area contributed by atoms with Gasteiger partial charge in [-0.3, -0.25) is 4.79 Å². The molecule has 1 amide bonds. The van der Waals surface area contributed by atoms with Crippen molar-refractivity contribution in [2.75, 3.05) is 31.9 Å². The highest BCUT2D eigenvalue weighted by Crippen LogP contribution is 2.16. The van der Waals surface area contributed by atoms with Gasteiger partial charge in [0.25, 0.3) is 5.91 Å². The molecule has 4 nitrogen and oxygen atoms in total. The molecule has 0 aromatic heterocycles. The molecule has 20 heavy (non-hydrogen) atoms. The Labute approximate surface area is 116 Å². The van der Waals surface area contributed by atoms with Crippen molar-refractivity contribution in [2.45, 2.75) is 19.3 Å². The highest BCUT2D eigenvalue weighted by Gasteiger charge is 2.15. The van der Waals surface area contributed by atoms with Crippen LogP contribution in [0.2, 0.25) is 0 Å². The van der Waals surface area contributed by atoms with Gasteiger partial charge in [0.2, 0.25) is 0 Å². The topological polar surface area (TPSA) is 58.4 Å². The molecular formula is C14H19F2N3O. The van der Waals surface area contributed by atoms with E-state index in [1.165, 1.54) is 19.3 Å². The van der Waals surface area contributed by atoms with Gasteiger partial charge in [0.05, 0.1) is 5.56 Å². The number of hydrogen-bond donors (Lipinski definition) is 2. The number of likely N-dealkylation sites (tertiary alicyclic amines) is 1. The van der Waals surface area contributed by atoms with Crippen LogP contribution in [0, 0.1) is 11.6 Å². The Hall–Kier alpha value is -1.69. The first kappa shape index (κ1) is 14.7. The number of halogens is 2. The average molecular weight is 283 g/mol. The summed E-state index contributed by atoms with van der Waals surface area (Å²) in [6, 6.07) is 1.66. The first-order valence-corrected chi connectivity index (χ1v) is 6.83. The molecule has 0 bridgehead atoms. The summed E-state index contributed by atoms with van der Waals surface area (Å²) in [5.74, 6) is -2.59. The van der Waals surface area contributed by atoms with E-state index in [2.05, 4.69) is 10.2 Å².